The zero-order chi connectivity index (χ0) is 18.6. The summed E-state index contributed by atoms with van der Waals surface area (Å²) in [5, 5.41) is 2.86. The molecule has 2 amide bonds. The highest BCUT2D eigenvalue weighted by molar-refractivity contribution is 5.94. The summed E-state index contributed by atoms with van der Waals surface area (Å²) >= 11 is 0. The minimum atomic E-state index is 0.00966. The molecule has 1 N–H and O–H groups in total. The van der Waals surface area contributed by atoms with Crippen molar-refractivity contribution in [3.63, 3.8) is 0 Å². The van der Waals surface area contributed by atoms with E-state index in [0.29, 0.717) is 30.2 Å². The summed E-state index contributed by atoms with van der Waals surface area (Å²) < 4.78 is 5.93. The molecule has 1 aliphatic heterocycles. The van der Waals surface area contributed by atoms with Gasteiger partial charge in [0.1, 0.15) is 6.10 Å². The zero-order valence-electron chi connectivity index (χ0n) is 15.0. The molecule has 3 heterocycles. The summed E-state index contributed by atoms with van der Waals surface area (Å²) in [5.74, 6) is 0.781. The molecule has 140 valence electrons. The Bertz CT molecular complexity index is 798. The van der Waals surface area contributed by atoms with Gasteiger partial charge in [0.25, 0.3) is 5.91 Å². The van der Waals surface area contributed by atoms with Crippen LogP contribution in [0.2, 0.25) is 0 Å². The molecule has 1 aliphatic carbocycles. The van der Waals surface area contributed by atoms with Crippen molar-refractivity contribution >= 4 is 17.5 Å². The van der Waals surface area contributed by atoms with E-state index in [1.165, 1.54) is 0 Å². The summed E-state index contributed by atoms with van der Waals surface area (Å²) in [7, 11) is 0. The van der Waals surface area contributed by atoms with E-state index in [9.17, 15) is 9.59 Å². The molecule has 2 aliphatic rings. The molecule has 0 spiro atoms. The Hall–Kier alpha value is -2.96. The number of nitrogens with zero attached hydrogens (tertiary/aromatic N) is 3. The van der Waals surface area contributed by atoms with E-state index in [-0.39, 0.29) is 23.8 Å². The molecule has 0 atom stereocenters. The van der Waals surface area contributed by atoms with Crippen molar-refractivity contribution in [1.82, 2.24) is 14.9 Å². The average Bonchev–Trinajstić information content (AvgIpc) is 3.56. The number of likely N-dealkylation sites (tertiary alicyclic amines) is 1. The van der Waals surface area contributed by atoms with Gasteiger partial charge in [-0.3, -0.25) is 14.6 Å². The van der Waals surface area contributed by atoms with Gasteiger partial charge in [0, 0.05) is 50.3 Å². The molecule has 0 aromatic carbocycles. The summed E-state index contributed by atoms with van der Waals surface area (Å²) in [4.78, 5) is 34.3. The Morgan fingerprint density at radius 2 is 1.89 bits per heavy atom. The quantitative estimate of drug-likeness (QED) is 0.879. The maximum absolute atomic E-state index is 12.4. The Labute approximate surface area is 157 Å². The van der Waals surface area contributed by atoms with Crippen LogP contribution < -0.4 is 10.1 Å². The third-order valence-corrected chi connectivity index (χ3v) is 4.88. The van der Waals surface area contributed by atoms with Crippen LogP contribution in [-0.4, -0.2) is 45.9 Å². The summed E-state index contributed by atoms with van der Waals surface area (Å²) in [6.45, 7) is 1.29. The van der Waals surface area contributed by atoms with Crippen LogP contribution in [0.5, 0.6) is 5.88 Å². The van der Waals surface area contributed by atoms with Crippen molar-refractivity contribution in [1.29, 1.82) is 0 Å². The van der Waals surface area contributed by atoms with Crippen LogP contribution >= 0.6 is 0 Å². The number of piperidine rings is 1. The molecule has 1 saturated carbocycles. The lowest BCUT2D eigenvalue weighted by Crippen LogP contribution is -2.41. The van der Waals surface area contributed by atoms with Gasteiger partial charge in [0.15, 0.2) is 0 Å². The van der Waals surface area contributed by atoms with Crippen LogP contribution in [0.4, 0.5) is 5.69 Å². The number of hydrogen-bond acceptors (Lipinski definition) is 5. The topological polar surface area (TPSA) is 84.4 Å². The standard InChI is InChI=1S/C20H22N4O3/c25-19(14-3-4-14)23-16-5-6-18(22-13-16)27-17-7-10-24(11-8-17)20(26)15-2-1-9-21-12-15/h1-2,5-6,9,12-14,17H,3-4,7-8,10-11H2,(H,23,25). The monoisotopic (exact) mass is 366 g/mol. The van der Waals surface area contributed by atoms with Crippen LogP contribution in [0, 0.1) is 5.92 Å². The number of carbonyl (C=O) groups excluding carboxylic acids is 2. The van der Waals surface area contributed by atoms with Crippen LogP contribution in [0.25, 0.3) is 0 Å². The number of ether oxygens (including phenoxy) is 1. The minimum Gasteiger partial charge on any atom is -0.474 e. The second-order valence-corrected chi connectivity index (χ2v) is 7.00. The number of anilines is 1. The van der Waals surface area contributed by atoms with Gasteiger partial charge < -0.3 is 15.0 Å². The molecule has 0 unspecified atom stereocenters. The fourth-order valence-corrected chi connectivity index (χ4v) is 3.13. The van der Waals surface area contributed by atoms with Crippen LogP contribution in [-0.2, 0) is 4.79 Å². The van der Waals surface area contributed by atoms with E-state index in [4.69, 9.17) is 4.74 Å². The van der Waals surface area contributed by atoms with E-state index < -0.39 is 0 Å². The van der Waals surface area contributed by atoms with Gasteiger partial charge in [-0.15, -0.1) is 0 Å². The van der Waals surface area contributed by atoms with E-state index in [1.807, 2.05) is 11.0 Å². The number of pyridine rings is 2. The number of carbonyl (C=O) groups is 2. The third-order valence-electron chi connectivity index (χ3n) is 4.88. The molecular weight excluding hydrogens is 344 g/mol. The molecule has 2 fully saturated rings. The summed E-state index contributed by atoms with van der Waals surface area (Å²) in [6, 6.07) is 7.14. The molecule has 7 heteroatoms. The van der Waals surface area contributed by atoms with Crippen molar-refractivity contribution < 1.29 is 14.3 Å². The van der Waals surface area contributed by atoms with E-state index in [0.717, 1.165) is 25.7 Å². The predicted molar refractivity (Wildman–Crippen MR) is 99.4 cm³/mol. The first-order valence-electron chi connectivity index (χ1n) is 9.32. The van der Waals surface area contributed by atoms with E-state index in [2.05, 4.69) is 15.3 Å². The second kappa shape index (κ2) is 7.73. The van der Waals surface area contributed by atoms with Gasteiger partial charge >= 0.3 is 0 Å². The van der Waals surface area contributed by atoms with Crippen molar-refractivity contribution in [3.8, 4) is 5.88 Å². The fraction of sp³-hybridized carbons (Fsp3) is 0.400. The molecule has 1 saturated heterocycles. The SMILES string of the molecule is O=C(Nc1ccc(OC2CCN(C(=O)c3cccnc3)CC2)nc1)C1CC1. The molecule has 4 rings (SSSR count). The Balaban J connectivity index is 1.26. The van der Waals surface area contributed by atoms with Crippen LogP contribution in [0.1, 0.15) is 36.0 Å². The highest BCUT2D eigenvalue weighted by Gasteiger charge is 2.29. The third kappa shape index (κ3) is 4.42. The molecule has 0 bridgehead atoms. The molecule has 2 aromatic heterocycles. The minimum absolute atomic E-state index is 0.00966. The maximum Gasteiger partial charge on any atom is 0.255 e. The number of aromatic nitrogens is 2. The lowest BCUT2D eigenvalue weighted by molar-refractivity contribution is -0.117. The smallest absolute Gasteiger partial charge is 0.255 e. The molecule has 27 heavy (non-hydrogen) atoms. The summed E-state index contributed by atoms with van der Waals surface area (Å²) in [6.07, 6.45) is 8.37. The molecular formula is C20H22N4O3. The Kier molecular flexibility index (Phi) is 5.00. The number of hydrogen-bond donors (Lipinski definition) is 1. The maximum atomic E-state index is 12.4. The van der Waals surface area contributed by atoms with Gasteiger partial charge in [-0.05, 0) is 31.0 Å². The first-order valence-corrected chi connectivity index (χ1v) is 9.32. The molecule has 0 radical (unpaired) electrons. The van der Waals surface area contributed by atoms with Crippen LogP contribution in [0.15, 0.2) is 42.9 Å². The van der Waals surface area contributed by atoms with Gasteiger partial charge in [-0.25, -0.2) is 4.98 Å². The fourth-order valence-electron chi connectivity index (χ4n) is 3.13. The van der Waals surface area contributed by atoms with Crippen molar-refractivity contribution in [2.45, 2.75) is 31.8 Å². The van der Waals surface area contributed by atoms with E-state index in [1.54, 1.807) is 36.8 Å². The Morgan fingerprint density at radius 3 is 2.52 bits per heavy atom. The number of nitrogens with one attached hydrogen (secondary N) is 1. The second-order valence-electron chi connectivity index (χ2n) is 7.00. The highest BCUT2D eigenvalue weighted by Crippen LogP contribution is 2.30. The lowest BCUT2D eigenvalue weighted by atomic mass is 10.1. The summed E-state index contributed by atoms with van der Waals surface area (Å²) in [5.41, 5.74) is 1.30. The first kappa shape index (κ1) is 17.5. The van der Waals surface area contributed by atoms with Gasteiger partial charge in [0.2, 0.25) is 11.8 Å². The first-order chi connectivity index (χ1) is 13.2. The van der Waals surface area contributed by atoms with Crippen molar-refractivity contribution in [2.75, 3.05) is 18.4 Å². The number of rotatable bonds is 5. The van der Waals surface area contributed by atoms with Gasteiger partial charge in [-0.2, -0.15) is 0 Å². The Morgan fingerprint density at radius 1 is 1.07 bits per heavy atom. The van der Waals surface area contributed by atoms with Crippen LogP contribution in [0.3, 0.4) is 0 Å². The molecule has 7 nitrogen and oxygen atoms in total. The predicted octanol–water partition coefficient (Wildman–Crippen LogP) is 2.51. The lowest BCUT2D eigenvalue weighted by Gasteiger charge is -2.31. The largest absolute Gasteiger partial charge is 0.474 e. The molecule has 2 aromatic rings. The van der Waals surface area contributed by atoms with Crippen molar-refractivity contribution in [2.24, 2.45) is 5.92 Å². The zero-order valence-corrected chi connectivity index (χ0v) is 15.0. The normalized spacial score (nSPS) is 17.4. The number of amides is 2. The van der Waals surface area contributed by atoms with Crippen molar-refractivity contribution in [3.05, 3.63) is 48.4 Å². The van der Waals surface area contributed by atoms with Gasteiger partial charge in [0.05, 0.1) is 17.4 Å². The van der Waals surface area contributed by atoms with E-state index >= 15 is 0 Å². The van der Waals surface area contributed by atoms with Gasteiger partial charge in [-0.1, -0.05) is 0 Å². The highest BCUT2D eigenvalue weighted by atomic mass is 16.5. The average molecular weight is 366 g/mol.